The van der Waals surface area contributed by atoms with Gasteiger partial charge in [0.1, 0.15) is 0 Å². The number of benzene rings is 1. The number of amides is 2. The zero-order chi connectivity index (χ0) is 23.0. The summed E-state index contributed by atoms with van der Waals surface area (Å²) in [4.78, 5) is 31.1. The average Bonchev–Trinajstić information content (AvgIpc) is 3.48. The standard InChI is InChI=1S/C26H33N3O4/c1-3-33-25(31)28-12-7-21(8-13-28)27-14-10-26(11-15-27)18-29(19(2)30)24-22(5-4-6-23(24)26)20-9-16-32-17-20/h4-6,9,16-17,21H,3,7-8,10-15,18H2,1-2H3. The number of nitrogens with zero attached hydrogens (tertiary/aromatic N) is 3. The Morgan fingerprint density at radius 1 is 1.12 bits per heavy atom. The van der Waals surface area contributed by atoms with Crippen LogP contribution in [0, 0.1) is 0 Å². The van der Waals surface area contributed by atoms with Crippen LogP contribution in [-0.4, -0.2) is 67.2 Å². The zero-order valence-electron chi connectivity index (χ0n) is 19.6. The van der Waals surface area contributed by atoms with E-state index in [1.54, 1.807) is 19.5 Å². The Hall–Kier alpha value is -2.80. The maximum absolute atomic E-state index is 12.7. The van der Waals surface area contributed by atoms with Gasteiger partial charge < -0.3 is 23.9 Å². The number of furan rings is 1. The Morgan fingerprint density at radius 3 is 2.52 bits per heavy atom. The van der Waals surface area contributed by atoms with Gasteiger partial charge in [-0.3, -0.25) is 4.79 Å². The van der Waals surface area contributed by atoms with E-state index in [-0.39, 0.29) is 17.4 Å². The summed E-state index contributed by atoms with van der Waals surface area (Å²) < 4.78 is 10.5. The summed E-state index contributed by atoms with van der Waals surface area (Å²) in [5.74, 6) is 0.0952. The molecule has 3 aliphatic heterocycles. The van der Waals surface area contributed by atoms with Crippen LogP contribution in [0.4, 0.5) is 10.5 Å². The third-order valence-electron chi connectivity index (χ3n) is 7.81. The number of carbonyl (C=O) groups is 2. The number of likely N-dealkylation sites (tertiary alicyclic amines) is 2. The van der Waals surface area contributed by atoms with Gasteiger partial charge in [0.25, 0.3) is 0 Å². The van der Waals surface area contributed by atoms with Gasteiger partial charge in [-0.1, -0.05) is 18.2 Å². The van der Waals surface area contributed by atoms with Crippen LogP contribution in [0.15, 0.2) is 41.2 Å². The summed E-state index contributed by atoms with van der Waals surface area (Å²) in [5, 5.41) is 0. The van der Waals surface area contributed by atoms with Crippen LogP contribution in [0.3, 0.4) is 0 Å². The molecule has 1 aromatic carbocycles. The fourth-order valence-electron chi connectivity index (χ4n) is 6.02. The fourth-order valence-corrected chi connectivity index (χ4v) is 6.02. The Bertz CT molecular complexity index is 1000. The predicted octanol–water partition coefficient (Wildman–Crippen LogP) is 4.27. The monoisotopic (exact) mass is 451 g/mol. The first-order chi connectivity index (χ1) is 16.0. The summed E-state index contributed by atoms with van der Waals surface area (Å²) >= 11 is 0. The highest BCUT2D eigenvalue weighted by Gasteiger charge is 2.47. The summed E-state index contributed by atoms with van der Waals surface area (Å²) in [6.07, 6.45) is 7.31. The third kappa shape index (κ3) is 3.92. The number of anilines is 1. The van der Waals surface area contributed by atoms with Gasteiger partial charge >= 0.3 is 6.09 Å². The quantitative estimate of drug-likeness (QED) is 0.697. The highest BCUT2D eigenvalue weighted by molar-refractivity contribution is 6.00. The number of hydrogen-bond donors (Lipinski definition) is 0. The number of fused-ring (bicyclic) bond motifs is 2. The highest BCUT2D eigenvalue weighted by Crippen LogP contribution is 2.51. The second kappa shape index (κ2) is 8.86. The van der Waals surface area contributed by atoms with Crippen molar-refractivity contribution in [2.24, 2.45) is 0 Å². The first-order valence-electron chi connectivity index (χ1n) is 12.1. The van der Waals surface area contributed by atoms with Crippen molar-refractivity contribution >= 4 is 17.7 Å². The van der Waals surface area contributed by atoms with Crippen molar-refractivity contribution in [2.75, 3.05) is 44.2 Å². The maximum atomic E-state index is 12.7. The number of carbonyl (C=O) groups excluding carboxylic acids is 2. The lowest BCUT2D eigenvalue weighted by atomic mass is 9.73. The Labute approximate surface area is 195 Å². The average molecular weight is 452 g/mol. The van der Waals surface area contributed by atoms with E-state index in [0.717, 1.165) is 75.2 Å². The van der Waals surface area contributed by atoms with Crippen molar-refractivity contribution < 1.29 is 18.7 Å². The summed E-state index contributed by atoms with van der Waals surface area (Å²) in [7, 11) is 0. The molecule has 33 heavy (non-hydrogen) atoms. The van der Waals surface area contributed by atoms with Crippen molar-refractivity contribution in [3.63, 3.8) is 0 Å². The molecule has 3 aliphatic rings. The minimum atomic E-state index is -0.186. The molecule has 0 aliphatic carbocycles. The molecule has 2 amide bonds. The van der Waals surface area contributed by atoms with E-state index >= 15 is 0 Å². The van der Waals surface area contributed by atoms with E-state index in [9.17, 15) is 9.59 Å². The van der Waals surface area contributed by atoms with E-state index in [1.165, 1.54) is 5.56 Å². The highest BCUT2D eigenvalue weighted by atomic mass is 16.6. The van der Waals surface area contributed by atoms with E-state index in [2.05, 4.69) is 23.1 Å². The van der Waals surface area contributed by atoms with Crippen LogP contribution in [0.25, 0.3) is 11.1 Å². The fraction of sp³-hybridized carbons (Fsp3) is 0.538. The maximum Gasteiger partial charge on any atom is 0.409 e. The molecule has 4 heterocycles. The van der Waals surface area contributed by atoms with E-state index in [0.29, 0.717) is 12.6 Å². The molecular weight excluding hydrogens is 418 g/mol. The first kappa shape index (κ1) is 22.0. The molecule has 2 aromatic rings. The van der Waals surface area contributed by atoms with Gasteiger partial charge in [0.15, 0.2) is 0 Å². The molecular formula is C26H33N3O4. The van der Waals surface area contributed by atoms with Gasteiger partial charge in [0.05, 0.1) is 24.8 Å². The molecule has 176 valence electrons. The SMILES string of the molecule is CCOC(=O)N1CCC(N2CCC3(CC2)CN(C(C)=O)c2c(-c4ccoc4)cccc23)CC1. The van der Waals surface area contributed by atoms with Crippen LogP contribution in [0.1, 0.15) is 45.1 Å². The molecule has 1 aromatic heterocycles. The molecule has 2 saturated heterocycles. The molecule has 0 unspecified atom stereocenters. The van der Waals surface area contributed by atoms with Gasteiger partial charge in [-0.2, -0.15) is 0 Å². The summed E-state index contributed by atoms with van der Waals surface area (Å²) in [6, 6.07) is 8.89. The molecule has 0 atom stereocenters. The largest absolute Gasteiger partial charge is 0.472 e. The second-order valence-electron chi connectivity index (χ2n) is 9.55. The molecule has 0 N–H and O–H groups in total. The molecule has 0 saturated carbocycles. The van der Waals surface area contributed by atoms with Crippen molar-refractivity contribution in [3.05, 3.63) is 42.4 Å². The lowest BCUT2D eigenvalue weighted by Crippen LogP contribution is -2.52. The van der Waals surface area contributed by atoms with Gasteiger partial charge in [-0.15, -0.1) is 0 Å². The van der Waals surface area contributed by atoms with Crippen LogP contribution < -0.4 is 4.90 Å². The number of rotatable bonds is 3. The number of piperidine rings is 2. The topological polar surface area (TPSA) is 66.2 Å². The summed E-state index contributed by atoms with van der Waals surface area (Å²) in [5.41, 5.74) is 4.45. The Morgan fingerprint density at radius 2 is 1.88 bits per heavy atom. The van der Waals surface area contributed by atoms with Crippen molar-refractivity contribution in [2.45, 2.75) is 51.0 Å². The smallest absolute Gasteiger partial charge is 0.409 e. The second-order valence-corrected chi connectivity index (χ2v) is 9.55. The molecule has 0 radical (unpaired) electrons. The van der Waals surface area contributed by atoms with E-state index in [1.807, 2.05) is 22.8 Å². The van der Waals surface area contributed by atoms with Crippen LogP contribution in [-0.2, 0) is 14.9 Å². The van der Waals surface area contributed by atoms with Crippen molar-refractivity contribution in [3.8, 4) is 11.1 Å². The Balaban J connectivity index is 1.31. The van der Waals surface area contributed by atoms with Gasteiger partial charge in [0, 0.05) is 49.1 Å². The van der Waals surface area contributed by atoms with Crippen LogP contribution in [0.2, 0.25) is 0 Å². The molecule has 1 spiro atoms. The minimum absolute atomic E-state index is 0.00286. The minimum Gasteiger partial charge on any atom is -0.472 e. The zero-order valence-corrected chi connectivity index (χ0v) is 19.6. The van der Waals surface area contributed by atoms with E-state index < -0.39 is 0 Å². The van der Waals surface area contributed by atoms with Gasteiger partial charge in [-0.05, 0) is 57.3 Å². The number of hydrogen-bond acceptors (Lipinski definition) is 5. The predicted molar refractivity (Wildman–Crippen MR) is 126 cm³/mol. The molecule has 5 rings (SSSR count). The van der Waals surface area contributed by atoms with Crippen molar-refractivity contribution in [1.82, 2.24) is 9.80 Å². The molecule has 7 nitrogen and oxygen atoms in total. The van der Waals surface area contributed by atoms with Crippen molar-refractivity contribution in [1.29, 1.82) is 0 Å². The van der Waals surface area contributed by atoms with Crippen LogP contribution in [0.5, 0.6) is 0 Å². The first-order valence-corrected chi connectivity index (χ1v) is 12.1. The van der Waals surface area contributed by atoms with Gasteiger partial charge in [0.2, 0.25) is 5.91 Å². The normalized spacial score (nSPS) is 20.8. The number of ether oxygens (including phenoxy) is 1. The molecule has 7 heteroatoms. The Kier molecular flexibility index (Phi) is 5.91. The molecule has 2 fully saturated rings. The summed E-state index contributed by atoms with van der Waals surface area (Å²) in [6.45, 7) is 8.26. The van der Waals surface area contributed by atoms with E-state index in [4.69, 9.17) is 9.15 Å². The lowest BCUT2D eigenvalue weighted by molar-refractivity contribution is -0.116. The lowest BCUT2D eigenvalue weighted by Gasteiger charge is -2.45. The molecule has 0 bridgehead atoms. The third-order valence-corrected chi connectivity index (χ3v) is 7.81. The van der Waals surface area contributed by atoms with Crippen LogP contribution >= 0.6 is 0 Å². The van der Waals surface area contributed by atoms with Gasteiger partial charge in [-0.25, -0.2) is 4.79 Å². The number of para-hydroxylation sites is 1.